The molecule has 0 fully saturated rings. The van der Waals surface area contributed by atoms with Crippen LogP contribution in [0.3, 0.4) is 0 Å². The number of benzene rings is 1. The van der Waals surface area contributed by atoms with Crippen molar-refractivity contribution in [3.63, 3.8) is 0 Å². The minimum atomic E-state index is -0.0788. The van der Waals surface area contributed by atoms with E-state index in [4.69, 9.17) is 0 Å². The highest BCUT2D eigenvalue weighted by molar-refractivity contribution is 5.59. The van der Waals surface area contributed by atoms with Crippen molar-refractivity contribution in [2.75, 3.05) is 11.9 Å². The van der Waals surface area contributed by atoms with E-state index in [-0.39, 0.29) is 18.6 Å². The van der Waals surface area contributed by atoms with E-state index >= 15 is 0 Å². The Balaban J connectivity index is 1.86. The number of rotatable bonds is 6. The topological polar surface area (TPSA) is 75.9 Å². The molecule has 6 heteroatoms. The summed E-state index contributed by atoms with van der Waals surface area (Å²) in [6.07, 6.45) is 5.47. The summed E-state index contributed by atoms with van der Waals surface area (Å²) in [5, 5.41) is 17.1. The molecule has 0 spiro atoms. The molecule has 2 aromatic heterocycles. The van der Waals surface area contributed by atoms with E-state index in [9.17, 15) is 5.11 Å². The second kappa shape index (κ2) is 7.44. The van der Waals surface area contributed by atoms with E-state index < -0.39 is 0 Å². The van der Waals surface area contributed by atoms with E-state index in [2.05, 4.69) is 33.4 Å². The third-order valence-electron chi connectivity index (χ3n) is 4.21. The molecule has 0 saturated heterocycles. The van der Waals surface area contributed by atoms with Crippen LogP contribution in [0.4, 0.5) is 5.95 Å². The van der Waals surface area contributed by atoms with Gasteiger partial charge in [-0.3, -0.25) is 0 Å². The first kappa shape index (κ1) is 17.1. The van der Waals surface area contributed by atoms with Crippen molar-refractivity contribution in [2.45, 2.75) is 26.8 Å². The second-order valence-electron chi connectivity index (χ2n) is 6.40. The molecule has 1 aromatic carbocycles. The van der Waals surface area contributed by atoms with Crippen LogP contribution >= 0.6 is 0 Å². The zero-order valence-corrected chi connectivity index (χ0v) is 14.7. The molecule has 2 heterocycles. The van der Waals surface area contributed by atoms with Crippen molar-refractivity contribution in [2.24, 2.45) is 5.92 Å². The fraction of sp³-hybridized carbons (Fsp3) is 0.316. The first-order valence-electron chi connectivity index (χ1n) is 8.40. The zero-order chi connectivity index (χ0) is 17.8. The highest BCUT2D eigenvalue weighted by atomic mass is 16.3. The van der Waals surface area contributed by atoms with Gasteiger partial charge in [0.05, 0.1) is 30.2 Å². The Hall–Kier alpha value is -2.73. The van der Waals surface area contributed by atoms with Gasteiger partial charge in [-0.25, -0.2) is 14.6 Å². The largest absolute Gasteiger partial charge is 0.394 e. The molecule has 25 heavy (non-hydrogen) atoms. The van der Waals surface area contributed by atoms with Gasteiger partial charge in [0.1, 0.15) is 0 Å². The highest BCUT2D eigenvalue weighted by Gasteiger charge is 2.14. The van der Waals surface area contributed by atoms with E-state index in [0.717, 1.165) is 22.5 Å². The number of para-hydroxylation sites is 1. The van der Waals surface area contributed by atoms with Crippen molar-refractivity contribution < 1.29 is 5.11 Å². The Labute approximate surface area is 147 Å². The number of anilines is 1. The minimum absolute atomic E-state index is 0.0382. The molecule has 0 bridgehead atoms. The van der Waals surface area contributed by atoms with E-state index in [0.29, 0.717) is 5.95 Å². The number of aromatic nitrogens is 4. The molecule has 130 valence electrons. The molecule has 0 radical (unpaired) electrons. The molecule has 6 nitrogen and oxygen atoms in total. The van der Waals surface area contributed by atoms with Crippen molar-refractivity contribution in [3.8, 4) is 16.9 Å². The van der Waals surface area contributed by atoms with Crippen molar-refractivity contribution in [3.05, 3.63) is 54.5 Å². The summed E-state index contributed by atoms with van der Waals surface area (Å²) in [5.74, 6) is 0.787. The van der Waals surface area contributed by atoms with Crippen LogP contribution in [0.1, 0.15) is 19.4 Å². The Morgan fingerprint density at radius 2 is 2.00 bits per heavy atom. The van der Waals surface area contributed by atoms with E-state index in [1.54, 1.807) is 12.4 Å². The van der Waals surface area contributed by atoms with Crippen LogP contribution in [-0.2, 0) is 0 Å². The lowest BCUT2D eigenvalue weighted by molar-refractivity contribution is 0.248. The summed E-state index contributed by atoms with van der Waals surface area (Å²) < 4.78 is 1.85. The lowest BCUT2D eigenvalue weighted by Crippen LogP contribution is -2.30. The van der Waals surface area contributed by atoms with Crippen molar-refractivity contribution >= 4 is 5.95 Å². The van der Waals surface area contributed by atoms with Crippen LogP contribution in [0.2, 0.25) is 0 Å². The third kappa shape index (κ3) is 3.85. The van der Waals surface area contributed by atoms with Gasteiger partial charge in [0.25, 0.3) is 0 Å². The molecule has 0 amide bonds. The number of nitrogens with zero attached hydrogens (tertiary/aromatic N) is 4. The summed E-state index contributed by atoms with van der Waals surface area (Å²) in [4.78, 5) is 8.81. The molecular formula is C19H23N5O. The predicted molar refractivity (Wildman–Crippen MR) is 98.7 cm³/mol. The SMILES string of the molecule is Cc1ccccc1-n1cc(-c2ccnc(N[C@@H](CO)C(C)C)n2)cn1. The van der Waals surface area contributed by atoms with Crippen LogP contribution < -0.4 is 5.32 Å². The molecule has 2 N–H and O–H groups in total. The zero-order valence-electron chi connectivity index (χ0n) is 14.7. The van der Waals surface area contributed by atoms with Crippen LogP contribution in [0.25, 0.3) is 16.9 Å². The summed E-state index contributed by atoms with van der Waals surface area (Å²) in [6, 6.07) is 9.88. The van der Waals surface area contributed by atoms with Gasteiger partial charge in [0.15, 0.2) is 0 Å². The maximum Gasteiger partial charge on any atom is 0.223 e. The third-order valence-corrected chi connectivity index (χ3v) is 4.21. The molecule has 0 unspecified atom stereocenters. The van der Waals surface area contributed by atoms with Crippen LogP contribution in [0.15, 0.2) is 48.9 Å². The predicted octanol–water partition coefficient (Wildman–Crippen LogP) is 3.07. The molecule has 0 aliphatic rings. The normalized spacial score (nSPS) is 12.4. The lowest BCUT2D eigenvalue weighted by Gasteiger charge is -2.19. The fourth-order valence-electron chi connectivity index (χ4n) is 2.59. The Morgan fingerprint density at radius 1 is 1.20 bits per heavy atom. The summed E-state index contributed by atoms with van der Waals surface area (Å²) in [5.41, 5.74) is 3.91. The second-order valence-corrected chi connectivity index (χ2v) is 6.40. The lowest BCUT2D eigenvalue weighted by atomic mass is 10.1. The Bertz CT molecular complexity index is 843. The first-order valence-corrected chi connectivity index (χ1v) is 8.40. The maximum atomic E-state index is 9.47. The fourth-order valence-corrected chi connectivity index (χ4v) is 2.59. The van der Waals surface area contributed by atoms with Crippen LogP contribution in [0.5, 0.6) is 0 Å². The van der Waals surface area contributed by atoms with Gasteiger partial charge < -0.3 is 10.4 Å². The van der Waals surface area contributed by atoms with Gasteiger partial charge in [0.2, 0.25) is 5.95 Å². The van der Waals surface area contributed by atoms with Crippen LogP contribution in [0, 0.1) is 12.8 Å². The van der Waals surface area contributed by atoms with E-state index in [1.807, 2.05) is 49.0 Å². The van der Waals surface area contributed by atoms with Gasteiger partial charge in [-0.05, 0) is 30.5 Å². The molecule has 0 aliphatic carbocycles. The number of hydrogen-bond acceptors (Lipinski definition) is 5. The smallest absolute Gasteiger partial charge is 0.223 e. The van der Waals surface area contributed by atoms with Crippen molar-refractivity contribution in [1.29, 1.82) is 0 Å². The number of aliphatic hydroxyl groups excluding tert-OH is 1. The molecule has 3 rings (SSSR count). The monoisotopic (exact) mass is 337 g/mol. The summed E-state index contributed by atoms with van der Waals surface area (Å²) in [7, 11) is 0. The number of aliphatic hydroxyl groups is 1. The molecular weight excluding hydrogens is 314 g/mol. The van der Waals surface area contributed by atoms with Gasteiger partial charge in [-0.1, -0.05) is 32.0 Å². The van der Waals surface area contributed by atoms with Crippen LogP contribution in [-0.4, -0.2) is 37.5 Å². The Kier molecular flexibility index (Phi) is 5.09. The molecule has 0 aliphatic heterocycles. The number of hydrogen-bond donors (Lipinski definition) is 2. The quantitative estimate of drug-likeness (QED) is 0.723. The summed E-state index contributed by atoms with van der Waals surface area (Å²) >= 11 is 0. The number of nitrogens with one attached hydrogen (secondary N) is 1. The molecule has 0 saturated carbocycles. The average molecular weight is 337 g/mol. The van der Waals surface area contributed by atoms with Gasteiger partial charge in [0, 0.05) is 18.0 Å². The van der Waals surface area contributed by atoms with Gasteiger partial charge in [-0.15, -0.1) is 0 Å². The van der Waals surface area contributed by atoms with Crippen molar-refractivity contribution in [1.82, 2.24) is 19.7 Å². The Morgan fingerprint density at radius 3 is 2.72 bits per heavy atom. The van der Waals surface area contributed by atoms with Gasteiger partial charge in [-0.2, -0.15) is 5.10 Å². The first-order chi connectivity index (χ1) is 12.1. The van der Waals surface area contributed by atoms with Gasteiger partial charge >= 0.3 is 0 Å². The highest BCUT2D eigenvalue weighted by Crippen LogP contribution is 2.20. The maximum absolute atomic E-state index is 9.47. The molecule has 1 atom stereocenters. The molecule has 3 aromatic rings. The van der Waals surface area contributed by atoms with E-state index in [1.165, 1.54) is 0 Å². The minimum Gasteiger partial charge on any atom is -0.394 e. The number of aryl methyl sites for hydroxylation is 1. The summed E-state index contributed by atoms with van der Waals surface area (Å²) in [6.45, 7) is 6.19. The average Bonchev–Trinajstić information content (AvgIpc) is 3.10. The standard InChI is InChI=1S/C19H23N5O/c1-13(2)17(12-25)23-19-20-9-8-16(22-19)15-10-21-24(11-15)18-7-5-4-6-14(18)3/h4-11,13,17,25H,12H2,1-3H3,(H,20,22,23)/t17-/m0/s1.